The molecule has 0 radical (unpaired) electrons. The Morgan fingerprint density at radius 1 is 1.07 bits per heavy atom. The zero-order chi connectivity index (χ0) is 20.8. The van der Waals surface area contributed by atoms with Crippen LogP contribution in [0.4, 0.5) is 0 Å². The Kier molecular flexibility index (Phi) is 5.50. The molecule has 0 bridgehead atoms. The van der Waals surface area contributed by atoms with E-state index >= 15 is 0 Å². The monoisotopic (exact) mass is 400 g/mol. The lowest BCUT2D eigenvalue weighted by Crippen LogP contribution is -2.53. The van der Waals surface area contributed by atoms with E-state index in [9.17, 15) is 14.4 Å². The van der Waals surface area contributed by atoms with Crippen LogP contribution < -0.4 is 0 Å². The number of unbranched alkanes of at least 4 members (excludes halogenated alkanes) is 2. The van der Waals surface area contributed by atoms with Gasteiger partial charge in [0, 0.05) is 30.6 Å². The summed E-state index contributed by atoms with van der Waals surface area (Å²) >= 11 is 0. The molecule has 0 aromatic heterocycles. The Bertz CT molecular complexity index is 737. The van der Waals surface area contributed by atoms with Crippen molar-refractivity contribution in [1.82, 2.24) is 0 Å². The standard InChI is InChI=1S/C25H36O4/c1-4-5-6-7-22(28)29-17-10-12-24(2)16(14-17)15-20(26)23-18-8-9-21(27)25(18,3)13-11-19(23)24/h15,17-19,23H,4-14H2,1-3H3/t17-,18-,19-,23-,24-,25-/m0/s1. The van der Waals surface area contributed by atoms with Crippen LogP contribution in [0.2, 0.25) is 0 Å². The van der Waals surface area contributed by atoms with Gasteiger partial charge in [-0.15, -0.1) is 0 Å². The molecule has 4 aliphatic rings. The fourth-order valence-electron chi connectivity index (χ4n) is 7.01. The summed E-state index contributed by atoms with van der Waals surface area (Å²) in [6.45, 7) is 6.55. The number of ether oxygens (including phenoxy) is 1. The van der Waals surface area contributed by atoms with Crippen molar-refractivity contribution in [3.8, 4) is 0 Å². The van der Waals surface area contributed by atoms with Crippen molar-refractivity contribution in [1.29, 1.82) is 0 Å². The molecule has 0 amide bonds. The average Bonchev–Trinajstić information content (AvgIpc) is 2.98. The van der Waals surface area contributed by atoms with E-state index in [0.29, 0.717) is 31.0 Å². The van der Waals surface area contributed by atoms with Gasteiger partial charge in [0.25, 0.3) is 0 Å². The Hall–Kier alpha value is -1.45. The van der Waals surface area contributed by atoms with Crippen LogP contribution in [0.1, 0.15) is 91.4 Å². The Balaban J connectivity index is 1.49. The molecular weight excluding hydrogens is 364 g/mol. The van der Waals surface area contributed by atoms with Gasteiger partial charge in [0.2, 0.25) is 0 Å². The van der Waals surface area contributed by atoms with Crippen molar-refractivity contribution in [2.45, 2.75) is 97.5 Å². The molecule has 3 saturated carbocycles. The second-order valence-electron chi connectivity index (χ2n) is 10.5. The smallest absolute Gasteiger partial charge is 0.306 e. The van der Waals surface area contributed by atoms with Crippen LogP contribution in [0.5, 0.6) is 0 Å². The molecule has 29 heavy (non-hydrogen) atoms. The molecule has 0 aliphatic heterocycles. The summed E-state index contributed by atoms with van der Waals surface area (Å²) < 4.78 is 5.77. The van der Waals surface area contributed by atoms with Crippen molar-refractivity contribution < 1.29 is 19.1 Å². The fourth-order valence-corrected chi connectivity index (χ4v) is 7.01. The van der Waals surface area contributed by atoms with Gasteiger partial charge in [0.1, 0.15) is 11.9 Å². The number of hydrogen-bond acceptors (Lipinski definition) is 4. The van der Waals surface area contributed by atoms with E-state index in [1.54, 1.807) is 0 Å². The number of rotatable bonds is 5. The maximum Gasteiger partial charge on any atom is 0.306 e. The molecule has 4 aliphatic carbocycles. The highest BCUT2D eigenvalue weighted by molar-refractivity contribution is 5.96. The van der Waals surface area contributed by atoms with E-state index in [0.717, 1.165) is 51.4 Å². The maximum absolute atomic E-state index is 13.2. The third-order valence-corrected chi connectivity index (χ3v) is 8.89. The normalized spacial score (nSPS) is 41.3. The predicted octanol–water partition coefficient (Wildman–Crippen LogP) is 5.19. The predicted molar refractivity (Wildman–Crippen MR) is 111 cm³/mol. The minimum Gasteiger partial charge on any atom is -0.462 e. The maximum atomic E-state index is 13.2. The Labute approximate surface area is 174 Å². The van der Waals surface area contributed by atoms with Crippen LogP contribution in [0.25, 0.3) is 0 Å². The molecular formula is C25H36O4. The fraction of sp³-hybridized carbons (Fsp3) is 0.800. The van der Waals surface area contributed by atoms with Gasteiger partial charge < -0.3 is 4.74 Å². The number of carbonyl (C=O) groups is 3. The van der Waals surface area contributed by atoms with Crippen LogP contribution in [0.3, 0.4) is 0 Å². The van der Waals surface area contributed by atoms with Crippen LogP contribution in [0.15, 0.2) is 11.6 Å². The van der Waals surface area contributed by atoms with E-state index in [2.05, 4.69) is 20.8 Å². The highest BCUT2D eigenvalue weighted by Gasteiger charge is 2.61. The first-order valence-electron chi connectivity index (χ1n) is 11.8. The minimum absolute atomic E-state index is 0.00194. The van der Waals surface area contributed by atoms with Crippen LogP contribution >= 0.6 is 0 Å². The molecule has 0 N–H and O–H groups in total. The second-order valence-corrected chi connectivity index (χ2v) is 10.5. The SMILES string of the molecule is CCCCCC(=O)O[C@H]1CC[C@@]2(C)C(=CC(=O)[C@@H]3[C@@H]2CC[C@]2(C)C(=O)CC[C@@H]32)C1. The Morgan fingerprint density at radius 3 is 2.55 bits per heavy atom. The van der Waals surface area contributed by atoms with Gasteiger partial charge in [-0.05, 0) is 61.9 Å². The number of allylic oxidation sites excluding steroid dienone is 1. The van der Waals surface area contributed by atoms with Crippen molar-refractivity contribution in [3.05, 3.63) is 11.6 Å². The summed E-state index contributed by atoms with van der Waals surface area (Å²) in [6, 6.07) is 0. The lowest BCUT2D eigenvalue weighted by atomic mass is 9.48. The molecule has 0 spiro atoms. The molecule has 6 atom stereocenters. The van der Waals surface area contributed by atoms with E-state index in [-0.39, 0.29) is 40.5 Å². The van der Waals surface area contributed by atoms with Gasteiger partial charge in [-0.1, -0.05) is 39.2 Å². The first kappa shape index (κ1) is 20.8. The molecule has 160 valence electrons. The summed E-state index contributed by atoms with van der Waals surface area (Å²) in [4.78, 5) is 37.9. The first-order chi connectivity index (χ1) is 13.8. The van der Waals surface area contributed by atoms with E-state index in [1.807, 2.05) is 6.08 Å². The van der Waals surface area contributed by atoms with Gasteiger partial charge in [-0.25, -0.2) is 0 Å². The van der Waals surface area contributed by atoms with E-state index in [1.165, 1.54) is 5.57 Å². The lowest BCUT2D eigenvalue weighted by molar-refractivity contribution is -0.152. The van der Waals surface area contributed by atoms with Crippen molar-refractivity contribution in [2.24, 2.45) is 28.6 Å². The van der Waals surface area contributed by atoms with Crippen LogP contribution in [0, 0.1) is 28.6 Å². The third-order valence-electron chi connectivity index (χ3n) is 8.89. The number of carbonyl (C=O) groups excluding carboxylic acids is 3. The van der Waals surface area contributed by atoms with Gasteiger partial charge in [0.15, 0.2) is 5.78 Å². The number of ketones is 2. The number of hydrogen-bond donors (Lipinski definition) is 0. The van der Waals surface area contributed by atoms with Crippen LogP contribution in [-0.2, 0) is 19.1 Å². The van der Waals surface area contributed by atoms with E-state index in [4.69, 9.17) is 4.74 Å². The van der Waals surface area contributed by atoms with Crippen LogP contribution in [-0.4, -0.2) is 23.6 Å². The summed E-state index contributed by atoms with van der Waals surface area (Å²) in [5.41, 5.74) is 0.912. The van der Waals surface area contributed by atoms with Crippen molar-refractivity contribution in [2.75, 3.05) is 0 Å². The molecule has 0 unspecified atom stereocenters. The topological polar surface area (TPSA) is 60.4 Å². The minimum atomic E-state index is -0.288. The molecule has 0 saturated heterocycles. The van der Waals surface area contributed by atoms with Gasteiger partial charge in [0.05, 0.1) is 0 Å². The summed E-state index contributed by atoms with van der Waals surface area (Å²) in [7, 11) is 0. The lowest BCUT2D eigenvalue weighted by Gasteiger charge is -2.56. The van der Waals surface area contributed by atoms with Gasteiger partial charge in [-0.2, -0.15) is 0 Å². The molecule has 4 heteroatoms. The zero-order valence-electron chi connectivity index (χ0n) is 18.3. The summed E-state index contributed by atoms with van der Waals surface area (Å²) in [5, 5.41) is 0. The molecule has 4 rings (SSSR count). The van der Waals surface area contributed by atoms with Gasteiger partial charge >= 0.3 is 5.97 Å². The first-order valence-corrected chi connectivity index (χ1v) is 11.8. The summed E-state index contributed by atoms with van der Waals surface area (Å²) in [6.07, 6.45) is 11.3. The molecule has 0 heterocycles. The summed E-state index contributed by atoms with van der Waals surface area (Å²) in [5.74, 6) is 1.05. The quantitative estimate of drug-likeness (QED) is 0.471. The number of Topliss-reactive ketones (excluding diaryl/α,β-unsaturated/α-hetero) is 1. The average molecular weight is 401 g/mol. The van der Waals surface area contributed by atoms with Crippen molar-refractivity contribution in [3.63, 3.8) is 0 Å². The molecule has 0 aromatic carbocycles. The van der Waals surface area contributed by atoms with E-state index < -0.39 is 0 Å². The number of esters is 1. The molecule has 4 nitrogen and oxygen atoms in total. The zero-order valence-corrected chi connectivity index (χ0v) is 18.3. The second kappa shape index (κ2) is 7.67. The van der Waals surface area contributed by atoms with Crippen molar-refractivity contribution >= 4 is 17.5 Å². The largest absolute Gasteiger partial charge is 0.462 e. The third kappa shape index (κ3) is 3.41. The molecule has 0 aromatic rings. The molecule has 3 fully saturated rings. The number of fused-ring (bicyclic) bond motifs is 5. The Morgan fingerprint density at radius 2 is 1.79 bits per heavy atom. The highest BCUT2D eigenvalue weighted by atomic mass is 16.5. The van der Waals surface area contributed by atoms with Gasteiger partial charge in [-0.3, -0.25) is 14.4 Å². The highest BCUT2D eigenvalue weighted by Crippen LogP contribution is 2.63.